The summed E-state index contributed by atoms with van der Waals surface area (Å²) in [6.45, 7) is 0.832. The summed E-state index contributed by atoms with van der Waals surface area (Å²) in [4.78, 5) is 4.12. The van der Waals surface area contributed by atoms with E-state index in [9.17, 15) is 0 Å². The van der Waals surface area contributed by atoms with Gasteiger partial charge in [0, 0.05) is 41.9 Å². The van der Waals surface area contributed by atoms with E-state index in [2.05, 4.69) is 16.1 Å². The van der Waals surface area contributed by atoms with E-state index in [1.165, 1.54) is 5.56 Å². The molecule has 2 heterocycles. The molecule has 3 aromatic rings. The van der Waals surface area contributed by atoms with Crippen LogP contribution in [0.3, 0.4) is 0 Å². The summed E-state index contributed by atoms with van der Waals surface area (Å²) in [6, 6.07) is 11.9. The smallest absolute Gasteiger partial charge is 0.0569 e. The second-order valence-electron chi connectivity index (χ2n) is 4.69. The first-order valence-corrected chi connectivity index (χ1v) is 6.59. The standard InChI is InChI=1S/C16H16N4/c17-16-6-2-1-5-15(16)14-11-19-20(12-14)9-7-13-4-3-8-18-10-13/h1-6,8,10-12H,7,9,17H2. The number of pyridine rings is 1. The molecule has 0 unspecified atom stereocenters. The van der Waals surface area contributed by atoms with Crippen LogP contribution < -0.4 is 5.73 Å². The second kappa shape index (κ2) is 5.57. The Labute approximate surface area is 117 Å². The fourth-order valence-corrected chi connectivity index (χ4v) is 2.17. The fourth-order valence-electron chi connectivity index (χ4n) is 2.17. The Kier molecular flexibility index (Phi) is 3.46. The lowest BCUT2D eigenvalue weighted by Gasteiger charge is -2.02. The van der Waals surface area contributed by atoms with E-state index in [0.717, 1.165) is 29.8 Å². The number of benzene rings is 1. The van der Waals surface area contributed by atoms with E-state index < -0.39 is 0 Å². The first kappa shape index (κ1) is 12.4. The van der Waals surface area contributed by atoms with Crippen LogP contribution in [0.4, 0.5) is 5.69 Å². The van der Waals surface area contributed by atoms with Crippen LogP contribution >= 0.6 is 0 Å². The average molecular weight is 264 g/mol. The highest BCUT2D eigenvalue weighted by molar-refractivity contribution is 5.75. The van der Waals surface area contributed by atoms with E-state index in [1.807, 2.05) is 53.6 Å². The minimum Gasteiger partial charge on any atom is -0.398 e. The Morgan fingerprint density at radius 1 is 1.05 bits per heavy atom. The largest absolute Gasteiger partial charge is 0.398 e. The summed E-state index contributed by atoms with van der Waals surface area (Å²) in [5, 5.41) is 4.39. The minimum atomic E-state index is 0.777. The Morgan fingerprint density at radius 3 is 2.75 bits per heavy atom. The number of nitrogens with two attached hydrogens (primary N) is 1. The van der Waals surface area contributed by atoms with Gasteiger partial charge < -0.3 is 5.73 Å². The first-order chi connectivity index (χ1) is 9.83. The van der Waals surface area contributed by atoms with Crippen molar-refractivity contribution < 1.29 is 0 Å². The highest BCUT2D eigenvalue weighted by Crippen LogP contribution is 2.24. The zero-order valence-electron chi connectivity index (χ0n) is 11.1. The van der Waals surface area contributed by atoms with Crippen LogP contribution in [0.25, 0.3) is 11.1 Å². The number of nitrogens with zero attached hydrogens (tertiary/aromatic N) is 3. The summed E-state index contributed by atoms with van der Waals surface area (Å²) in [7, 11) is 0. The Morgan fingerprint density at radius 2 is 1.95 bits per heavy atom. The van der Waals surface area contributed by atoms with Gasteiger partial charge in [0.05, 0.1) is 6.20 Å². The van der Waals surface area contributed by atoms with E-state index in [4.69, 9.17) is 5.73 Å². The van der Waals surface area contributed by atoms with Crippen LogP contribution in [-0.4, -0.2) is 14.8 Å². The Hall–Kier alpha value is -2.62. The van der Waals surface area contributed by atoms with Crippen LogP contribution in [0.1, 0.15) is 5.56 Å². The van der Waals surface area contributed by atoms with Crippen molar-refractivity contribution in [3.8, 4) is 11.1 Å². The highest BCUT2D eigenvalue weighted by atomic mass is 15.3. The van der Waals surface area contributed by atoms with Crippen molar-refractivity contribution in [2.45, 2.75) is 13.0 Å². The topological polar surface area (TPSA) is 56.7 Å². The van der Waals surface area contributed by atoms with Crippen LogP contribution in [0.15, 0.2) is 61.2 Å². The molecule has 0 spiro atoms. The van der Waals surface area contributed by atoms with Crippen molar-refractivity contribution in [2.75, 3.05) is 5.73 Å². The summed E-state index contributed by atoms with van der Waals surface area (Å²) in [5.41, 5.74) is 10.0. The van der Waals surface area contributed by atoms with Gasteiger partial charge in [-0.1, -0.05) is 24.3 Å². The molecule has 20 heavy (non-hydrogen) atoms. The number of hydrogen-bond donors (Lipinski definition) is 1. The van der Waals surface area contributed by atoms with Crippen molar-refractivity contribution in [1.29, 1.82) is 0 Å². The molecule has 0 aliphatic carbocycles. The van der Waals surface area contributed by atoms with Crippen LogP contribution in [-0.2, 0) is 13.0 Å². The maximum atomic E-state index is 5.98. The summed E-state index contributed by atoms with van der Waals surface area (Å²) in [6.07, 6.45) is 8.48. The van der Waals surface area contributed by atoms with E-state index >= 15 is 0 Å². The van der Waals surface area contributed by atoms with Gasteiger partial charge in [-0.2, -0.15) is 5.10 Å². The van der Waals surface area contributed by atoms with Crippen LogP contribution in [0, 0.1) is 0 Å². The molecule has 0 saturated carbocycles. The molecular weight excluding hydrogens is 248 g/mol. The maximum absolute atomic E-state index is 5.98. The zero-order chi connectivity index (χ0) is 13.8. The van der Waals surface area contributed by atoms with Crippen molar-refractivity contribution in [2.24, 2.45) is 0 Å². The molecular formula is C16H16N4. The minimum absolute atomic E-state index is 0.777. The summed E-state index contributed by atoms with van der Waals surface area (Å²) in [5.74, 6) is 0. The normalized spacial score (nSPS) is 10.6. The number of anilines is 1. The lowest BCUT2D eigenvalue weighted by molar-refractivity contribution is 0.614. The van der Waals surface area contributed by atoms with Crippen molar-refractivity contribution in [3.05, 3.63) is 66.7 Å². The van der Waals surface area contributed by atoms with Gasteiger partial charge in [0.15, 0.2) is 0 Å². The van der Waals surface area contributed by atoms with Gasteiger partial charge in [-0.05, 0) is 24.1 Å². The summed E-state index contributed by atoms with van der Waals surface area (Å²) >= 11 is 0. The molecule has 0 saturated heterocycles. The molecule has 1 aromatic carbocycles. The molecule has 2 aromatic heterocycles. The van der Waals surface area contributed by atoms with E-state index in [-0.39, 0.29) is 0 Å². The third-order valence-corrected chi connectivity index (χ3v) is 3.26. The molecule has 0 atom stereocenters. The molecule has 3 rings (SSSR count). The monoisotopic (exact) mass is 264 g/mol. The van der Waals surface area contributed by atoms with Crippen molar-refractivity contribution in [1.82, 2.24) is 14.8 Å². The molecule has 0 amide bonds. The number of hydrogen-bond acceptors (Lipinski definition) is 3. The van der Waals surface area contributed by atoms with E-state index in [1.54, 1.807) is 6.20 Å². The number of para-hydroxylation sites is 1. The van der Waals surface area contributed by atoms with Crippen LogP contribution in [0.2, 0.25) is 0 Å². The Bertz CT molecular complexity index is 688. The molecule has 0 fully saturated rings. The summed E-state index contributed by atoms with van der Waals surface area (Å²) < 4.78 is 1.94. The quantitative estimate of drug-likeness (QED) is 0.737. The molecule has 4 nitrogen and oxygen atoms in total. The number of nitrogen functional groups attached to an aromatic ring is 1. The third-order valence-electron chi connectivity index (χ3n) is 3.26. The molecule has 4 heteroatoms. The number of aromatic nitrogens is 3. The molecule has 0 aliphatic heterocycles. The third kappa shape index (κ3) is 2.69. The predicted octanol–water partition coefficient (Wildman–Crippen LogP) is 2.77. The van der Waals surface area contributed by atoms with Gasteiger partial charge in [0.1, 0.15) is 0 Å². The van der Waals surface area contributed by atoms with Gasteiger partial charge in [0.2, 0.25) is 0 Å². The highest BCUT2D eigenvalue weighted by Gasteiger charge is 2.04. The molecule has 0 radical (unpaired) electrons. The van der Waals surface area contributed by atoms with Gasteiger partial charge in [0.25, 0.3) is 0 Å². The molecule has 0 bridgehead atoms. The fraction of sp³-hybridized carbons (Fsp3) is 0.125. The maximum Gasteiger partial charge on any atom is 0.0569 e. The lowest BCUT2D eigenvalue weighted by Crippen LogP contribution is -2.01. The lowest BCUT2D eigenvalue weighted by atomic mass is 10.1. The van der Waals surface area contributed by atoms with Crippen molar-refractivity contribution >= 4 is 5.69 Å². The van der Waals surface area contributed by atoms with Crippen molar-refractivity contribution in [3.63, 3.8) is 0 Å². The van der Waals surface area contributed by atoms with Gasteiger partial charge in [-0.3, -0.25) is 9.67 Å². The number of aryl methyl sites for hydroxylation is 2. The zero-order valence-corrected chi connectivity index (χ0v) is 11.1. The predicted molar refractivity (Wildman–Crippen MR) is 80.0 cm³/mol. The second-order valence-corrected chi connectivity index (χ2v) is 4.69. The first-order valence-electron chi connectivity index (χ1n) is 6.59. The van der Waals surface area contributed by atoms with Crippen LogP contribution in [0.5, 0.6) is 0 Å². The van der Waals surface area contributed by atoms with Gasteiger partial charge in [-0.25, -0.2) is 0 Å². The molecule has 100 valence electrons. The van der Waals surface area contributed by atoms with Gasteiger partial charge in [-0.15, -0.1) is 0 Å². The number of rotatable bonds is 4. The SMILES string of the molecule is Nc1ccccc1-c1cnn(CCc2cccnc2)c1. The average Bonchev–Trinajstić information content (AvgIpc) is 2.95. The molecule has 0 aliphatic rings. The van der Waals surface area contributed by atoms with Gasteiger partial charge >= 0.3 is 0 Å². The van der Waals surface area contributed by atoms with E-state index in [0.29, 0.717) is 0 Å². The Balaban J connectivity index is 1.73. The molecule has 2 N–H and O–H groups in total.